The molecule has 1 heterocycles. The second-order valence-electron chi connectivity index (χ2n) is 14.6. The van der Waals surface area contributed by atoms with Crippen molar-refractivity contribution in [3.8, 4) is 0 Å². The first-order chi connectivity index (χ1) is 25.6. The van der Waals surface area contributed by atoms with Crippen LogP contribution in [-0.2, 0) is 38.3 Å². The van der Waals surface area contributed by atoms with Crippen LogP contribution in [0.2, 0.25) is 0 Å². The molecule has 6 atom stereocenters. The summed E-state index contributed by atoms with van der Waals surface area (Å²) in [4.78, 5) is 12.8. The van der Waals surface area contributed by atoms with Gasteiger partial charge < -0.3 is 34.3 Å². The zero-order chi connectivity index (χ0) is 39.0. The molecule has 0 aromatic heterocycles. The number of aliphatic hydroxyl groups excluding tert-OH is 3. The first kappa shape index (κ1) is 49.9. The average molecular weight is 781 g/mol. The molecule has 1 aliphatic heterocycles. The van der Waals surface area contributed by atoms with E-state index >= 15 is 0 Å². The molecule has 0 bridgehead atoms. The highest BCUT2D eigenvalue weighted by atomic mass is 32.3. The predicted molar refractivity (Wildman–Crippen MR) is 207 cm³/mol. The van der Waals surface area contributed by atoms with E-state index in [2.05, 4.69) is 30.2 Å². The fourth-order valence-corrected chi connectivity index (χ4v) is 6.94. The van der Waals surface area contributed by atoms with Crippen LogP contribution in [0, 0.1) is 0 Å². The summed E-state index contributed by atoms with van der Waals surface area (Å²) in [7, 11) is -5.05. The first-order valence-corrected chi connectivity index (χ1v) is 22.3. The van der Waals surface area contributed by atoms with Gasteiger partial charge in [-0.2, -0.15) is 8.42 Å². The van der Waals surface area contributed by atoms with Gasteiger partial charge in [-0.1, -0.05) is 142 Å². The zero-order valence-electron chi connectivity index (χ0n) is 33.1. The summed E-state index contributed by atoms with van der Waals surface area (Å²) in [6.45, 7) is 3.95. The van der Waals surface area contributed by atoms with E-state index in [0.717, 1.165) is 44.9 Å². The van der Waals surface area contributed by atoms with Crippen LogP contribution in [0.3, 0.4) is 0 Å². The van der Waals surface area contributed by atoms with Crippen LogP contribution in [0.15, 0.2) is 12.2 Å². The molecule has 0 aromatic carbocycles. The van der Waals surface area contributed by atoms with Crippen molar-refractivity contribution in [2.75, 3.05) is 26.4 Å². The Morgan fingerprint density at radius 2 is 1.19 bits per heavy atom. The number of rotatable bonds is 36. The summed E-state index contributed by atoms with van der Waals surface area (Å²) in [6, 6.07) is 0. The Bertz CT molecular complexity index is 994. The van der Waals surface area contributed by atoms with E-state index in [4.69, 9.17) is 23.5 Å². The van der Waals surface area contributed by atoms with Crippen LogP contribution in [0.1, 0.15) is 174 Å². The topological polar surface area (TPSA) is 178 Å². The Labute approximate surface area is 321 Å². The normalized spacial score (nSPS) is 21.4. The maximum Gasteiger partial charge on any atom is 0.397 e. The van der Waals surface area contributed by atoms with Gasteiger partial charge in [0.15, 0.2) is 6.29 Å². The molecule has 0 radical (unpaired) electrons. The quantitative estimate of drug-likeness (QED) is 0.0209. The number of carbonyl (C=O) groups excluding carboxylic acids is 1. The fraction of sp³-hybridized carbons (Fsp3) is 0.925. The number of carbonyl (C=O) groups is 1. The molecule has 12 nitrogen and oxygen atoms in total. The minimum absolute atomic E-state index is 0.0381. The molecule has 1 fully saturated rings. The maximum atomic E-state index is 12.8. The summed E-state index contributed by atoms with van der Waals surface area (Å²) < 4.78 is 58.8. The molecular formula is C40H76O12S. The van der Waals surface area contributed by atoms with E-state index in [-0.39, 0.29) is 19.6 Å². The number of hydrogen-bond acceptors (Lipinski definition) is 11. The lowest BCUT2D eigenvalue weighted by molar-refractivity contribution is -0.301. The third-order valence-corrected chi connectivity index (χ3v) is 10.1. The Balaban J connectivity index is 2.41. The monoisotopic (exact) mass is 781 g/mol. The summed E-state index contributed by atoms with van der Waals surface area (Å²) in [5.41, 5.74) is 0. The van der Waals surface area contributed by atoms with Crippen molar-refractivity contribution < 1.29 is 56.2 Å². The summed E-state index contributed by atoms with van der Waals surface area (Å²) >= 11 is 0. The minimum atomic E-state index is -5.05. The predicted octanol–water partition coefficient (Wildman–Crippen LogP) is 7.91. The third kappa shape index (κ3) is 27.1. The van der Waals surface area contributed by atoms with E-state index in [9.17, 15) is 28.5 Å². The van der Waals surface area contributed by atoms with Crippen molar-refractivity contribution in [1.29, 1.82) is 0 Å². The van der Waals surface area contributed by atoms with Gasteiger partial charge in [0.25, 0.3) is 0 Å². The molecule has 0 spiro atoms. The molecule has 0 aliphatic carbocycles. The standard InChI is InChI=1S/C40H76O12S/c1-3-5-7-9-11-13-14-15-16-17-18-19-20-21-22-23-25-27-29-36(42)50-34(32-48-30-28-26-24-12-10-8-6-4-2)33-49-40-38(44)39(52-53(45,46)47)37(43)35(31-41)51-40/h16-17,34-35,37-41,43-44H,3-15,18-33H2,1-2H3,(H,45,46,47)/b17-16-. The van der Waals surface area contributed by atoms with Crippen molar-refractivity contribution >= 4 is 16.4 Å². The Morgan fingerprint density at radius 1 is 0.698 bits per heavy atom. The van der Waals surface area contributed by atoms with E-state index in [1.807, 2.05) is 0 Å². The summed E-state index contributed by atoms with van der Waals surface area (Å²) in [6.07, 6.45) is 24.0. The smallest absolute Gasteiger partial charge is 0.397 e. The maximum absolute atomic E-state index is 12.8. The van der Waals surface area contributed by atoms with Crippen LogP contribution >= 0.6 is 0 Å². The van der Waals surface area contributed by atoms with Crippen LogP contribution in [0.5, 0.6) is 0 Å². The number of hydrogen-bond donors (Lipinski definition) is 4. The van der Waals surface area contributed by atoms with Gasteiger partial charge in [-0.05, 0) is 38.5 Å². The van der Waals surface area contributed by atoms with Gasteiger partial charge in [0.05, 0.1) is 19.8 Å². The summed E-state index contributed by atoms with van der Waals surface area (Å²) in [5.74, 6) is -0.404. The fourth-order valence-electron chi connectivity index (χ4n) is 6.43. The second kappa shape index (κ2) is 33.0. The van der Waals surface area contributed by atoms with E-state index in [0.29, 0.717) is 13.0 Å². The van der Waals surface area contributed by atoms with Gasteiger partial charge in [0.2, 0.25) is 0 Å². The molecule has 0 amide bonds. The van der Waals surface area contributed by atoms with E-state index in [1.54, 1.807) is 0 Å². The molecular weight excluding hydrogens is 704 g/mol. The highest BCUT2D eigenvalue weighted by Crippen LogP contribution is 2.26. The van der Waals surface area contributed by atoms with Crippen molar-refractivity contribution in [3.05, 3.63) is 12.2 Å². The lowest BCUT2D eigenvalue weighted by Crippen LogP contribution is -2.60. The largest absolute Gasteiger partial charge is 0.457 e. The number of unbranched alkanes of at least 4 members (excludes halogenated alkanes) is 21. The lowest BCUT2D eigenvalue weighted by Gasteiger charge is -2.41. The first-order valence-electron chi connectivity index (χ1n) is 20.9. The molecule has 1 saturated heterocycles. The SMILES string of the molecule is CCCCCCCCC/C=C\CCCCCCCCCC(=O)OC(COCCCCCCCCCC)COC1OC(CO)C(O)C(OS(=O)(=O)O)C1O. The Kier molecular flexibility index (Phi) is 31.1. The molecule has 13 heteroatoms. The molecule has 53 heavy (non-hydrogen) atoms. The van der Waals surface area contributed by atoms with Crippen molar-refractivity contribution in [3.63, 3.8) is 0 Å². The lowest BCUT2D eigenvalue weighted by atomic mass is 9.99. The van der Waals surface area contributed by atoms with Crippen molar-refractivity contribution in [1.82, 2.24) is 0 Å². The van der Waals surface area contributed by atoms with Crippen molar-refractivity contribution in [2.24, 2.45) is 0 Å². The Hall–Kier alpha value is -1.16. The van der Waals surface area contributed by atoms with E-state index in [1.165, 1.54) is 103 Å². The van der Waals surface area contributed by atoms with Gasteiger partial charge in [-0.3, -0.25) is 9.35 Å². The van der Waals surface area contributed by atoms with E-state index < -0.39 is 59.8 Å². The van der Waals surface area contributed by atoms with Gasteiger partial charge in [-0.25, -0.2) is 4.18 Å². The molecule has 0 aromatic rings. The van der Waals surface area contributed by atoms with Crippen molar-refractivity contribution in [2.45, 2.75) is 211 Å². The zero-order valence-corrected chi connectivity index (χ0v) is 33.9. The molecule has 1 rings (SSSR count). The van der Waals surface area contributed by atoms with Gasteiger partial charge in [0.1, 0.15) is 30.5 Å². The van der Waals surface area contributed by atoms with Gasteiger partial charge in [0, 0.05) is 13.0 Å². The molecule has 0 saturated carbocycles. The number of allylic oxidation sites excluding steroid dienone is 2. The van der Waals surface area contributed by atoms with Gasteiger partial charge >= 0.3 is 16.4 Å². The summed E-state index contributed by atoms with van der Waals surface area (Å²) in [5, 5.41) is 30.5. The minimum Gasteiger partial charge on any atom is -0.457 e. The van der Waals surface area contributed by atoms with Gasteiger partial charge in [-0.15, -0.1) is 0 Å². The molecule has 6 unspecified atom stereocenters. The number of esters is 1. The molecule has 314 valence electrons. The van der Waals surface area contributed by atoms with Crippen LogP contribution < -0.4 is 0 Å². The second-order valence-corrected chi connectivity index (χ2v) is 15.6. The van der Waals surface area contributed by atoms with Crippen LogP contribution in [0.4, 0.5) is 0 Å². The van der Waals surface area contributed by atoms with Crippen LogP contribution in [-0.4, -0.2) is 97.5 Å². The van der Waals surface area contributed by atoms with Crippen LogP contribution in [0.25, 0.3) is 0 Å². The molecule has 1 aliphatic rings. The Morgan fingerprint density at radius 3 is 1.70 bits per heavy atom. The highest BCUT2D eigenvalue weighted by Gasteiger charge is 2.48. The molecule has 4 N–H and O–H groups in total. The third-order valence-electron chi connectivity index (χ3n) is 9.64. The highest BCUT2D eigenvalue weighted by molar-refractivity contribution is 7.80. The average Bonchev–Trinajstić information content (AvgIpc) is 3.12. The number of ether oxygens (including phenoxy) is 4. The number of aliphatic hydroxyl groups is 3.